The number of phenolic OH excluding ortho intramolecular Hbond substituents is 1. The molecule has 3 aromatic rings. The zero-order chi connectivity index (χ0) is 39.1. The van der Waals surface area contributed by atoms with Crippen molar-refractivity contribution in [3.8, 4) is 11.5 Å². The lowest BCUT2D eigenvalue weighted by Crippen LogP contribution is -2.43. The van der Waals surface area contributed by atoms with Gasteiger partial charge in [0, 0.05) is 64.4 Å². The van der Waals surface area contributed by atoms with Crippen LogP contribution in [0, 0.1) is 0 Å². The quantitative estimate of drug-likeness (QED) is 0.239. The minimum Gasteiger partial charge on any atom is -0.507 e. The molecular formula is C44H63N3O4S2. The number of piperidine rings is 1. The number of aromatic nitrogens is 1. The van der Waals surface area contributed by atoms with E-state index >= 15 is 0 Å². The lowest BCUT2D eigenvalue weighted by molar-refractivity contribution is 0.0722. The summed E-state index contributed by atoms with van der Waals surface area (Å²) in [5.41, 5.74) is 4.23. The van der Waals surface area contributed by atoms with Gasteiger partial charge in [0.15, 0.2) is 0 Å². The fraction of sp³-hybridized carbons (Fsp3) is 0.591. The average molecular weight is 762 g/mol. The van der Waals surface area contributed by atoms with Crippen LogP contribution in [0.4, 0.5) is 5.82 Å². The third kappa shape index (κ3) is 9.50. The van der Waals surface area contributed by atoms with Gasteiger partial charge in [0.05, 0.1) is 30.0 Å². The summed E-state index contributed by atoms with van der Waals surface area (Å²) in [6.45, 7) is 30.8. The summed E-state index contributed by atoms with van der Waals surface area (Å²) in [6, 6.07) is 12.9. The minimum absolute atomic E-state index is 0.0267. The van der Waals surface area contributed by atoms with Crippen LogP contribution >= 0.6 is 23.5 Å². The molecule has 5 rings (SSSR count). The first-order chi connectivity index (χ1) is 24.5. The van der Waals surface area contributed by atoms with E-state index in [2.05, 4.69) is 117 Å². The van der Waals surface area contributed by atoms with E-state index in [-0.39, 0.29) is 31.6 Å². The molecule has 2 aliphatic heterocycles. The number of carbonyl (C=O) groups excluding carboxylic acids is 1. The molecule has 1 N–H and O–H groups in total. The Kier molecular flexibility index (Phi) is 11.9. The molecule has 2 fully saturated rings. The Morgan fingerprint density at radius 2 is 1.19 bits per heavy atom. The largest absolute Gasteiger partial charge is 0.507 e. The minimum atomic E-state index is -0.268. The summed E-state index contributed by atoms with van der Waals surface area (Å²) in [6.07, 6.45) is 3.33. The molecule has 2 aliphatic rings. The first-order valence-electron chi connectivity index (χ1n) is 19.1. The fourth-order valence-electron chi connectivity index (χ4n) is 7.19. The summed E-state index contributed by atoms with van der Waals surface area (Å²) in [5, 5.41) is 11.6. The number of methoxy groups -OCH3 is 1. The highest BCUT2D eigenvalue weighted by atomic mass is 32.2. The smallest absolute Gasteiger partial charge is 0.255 e. The van der Waals surface area contributed by atoms with Crippen molar-refractivity contribution in [3.05, 3.63) is 70.4 Å². The molecule has 0 atom stereocenters. The number of amides is 1. The number of benzene rings is 2. The molecule has 2 aromatic carbocycles. The third-order valence-corrected chi connectivity index (χ3v) is 13.3. The number of hydrogen-bond acceptors (Lipinski definition) is 8. The van der Waals surface area contributed by atoms with Crippen molar-refractivity contribution in [2.75, 3.05) is 51.4 Å². The van der Waals surface area contributed by atoms with E-state index in [1.54, 1.807) is 13.3 Å². The van der Waals surface area contributed by atoms with Crippen LogP contribution in [0.2, 0.25) is 0 Å². The first-order valence-corrected chi connectivity index (χ1v) is 20.7. The van der Waals surface area contributed by atoms with Crippen LogP contribution < -0.4 is 9.64 Å². The van der Waals surface area contributed by atoms with Gasteiger partial charge in [-0.2, -0.15) is 0 Å². The number of rotatable bonds is 7. The molecule has 53 heavy (non-hydrogen) atoms. The number of ether oxygens (including phenoxy) is 2. The number of pyridine rings is 1. The standard InChI is InChI=1S/C44H63N3O4S2/c1-40(2,3)32-24-30(25-33(37(32)48)41(4,5)6)52-44(53-31-26-34(42(7,8)9)38(50-13)35(27-31)43(10,11)12)16-18-47(19-17-44)39(49)29-14-15-36(45-28-29)46-20-22-51-23-21-46/h14-15,24-28,48H,16-23H2,1-13H3. The molecule has 290 valence electrons. The van der Waals surface area contributed by atoms with Crippen molar-refractivity contribution < 1.29 is 19.4 Å². The van der Waals surface area contributed by atoms with Gasteiger partial charge in [0.1, 0.15) is 17.3 Å². The van der Waals surface area contributed by atoms with Crippen molar-refractivity contribution in [2.45, 2.75) is 131 Å². The second-order valence-corrected chi connectivity index (χ2v) is 22.0. The summed E-state index contributed by atoms with van der Waals surface area (Å²) < 4.78 is 11.4. The Morgan fingerprint density at radius 3 is 1.58 bits per heavy atom. The zero-order valence-corrected chi connectivity index (χ0v) is 36.2. The predicted molar refractivity (Wildman–Crippen MR) is 223 cm³/mol. The Hall–Kier alpha value is -2.88. The number of anilines is 1. The van der Waals surface area contributed by atoms with Crippen molar-refractivity contribution in [2.24, 2.45) is 0 Å². The van der Waals surface area contributed by atoms with Gasteiger partial charge in [-0.25, -0.2) is 4.98 Å². The fourth-order valence-corrected chi connectivity index (χ4v) is 10.3. The Morgan fingerprint density at radius 1 is 0.736 bits per heavy atom. The number of phenols is 1. The maximum atomic E-state index is 13.9. The lowest BCUT2D eigenvalue weighted by Gasteiger charge is -2.42. The molecule has 0 saturated carbocycles. The SMILES string of the molecule is COc1c(C(C)(C)C)cc(SC2(Sc3cc(C(C)(C)C)c(O)c(C(C)(C)C)c3)CCN(C(=O)c3ccc(N4CCOCC4)nc3)CC2)cc1C(C)(C)C. The normalized spacial score (nSPS) is 17.2. The number of likely N-dealkylation sites (tertiary alicyclic amines) is 1. The Balaban J connectivity index is 1.53. The van der Waals surface area contributed by atoms with Gasteiger partial charge >= 0.3 is 0 Å². The summed E-state index contributed by atoms with van der Waals surface area (Å²) >= 11 is 3.82. The van der Waals surface area contributed by atoms with E-state index in [0.717, 1.165) is 53.5 Å². The van der Waals surface area contributed by atoms with Gasteiger partial charge in [-0.1, -0.05) is 83.1 Å². The molecule has 0 bridgehead atoms. The average Bonchev–Trinajstić information content (AvgIpc) is 3.07. The number of aromatic hydroxyl groups is 1. The molecule has 3 heterocycles. The lowest BCUT2D eigenvalue weighted by atomic mass is 9.79. The molecule has 1 aromatic heterocycles. The third-order valence-electron chi connectivity index (χ3n) is 10.3. The Labute approximate surface area is 328 Å². The van der Waals surface area contributed by atoms with Crippen LogP contribution in [0.3, 0.4) is 0 Å². The first kappa shape index (κ1) is 41.3. The second-order valence-electron chi connectivity index (χ2n) is 18.8. The van der Waals surface area contributed by atoms with Gasteiger partial charge in [-0.3, -0.25) is 4.79 Å². The van der Waals surface area contributed by atoms with Gasteiger partial charge < -0.3 is 24.4 Å². The van der Waals surface area contributed by atoms with E-state index in [9.17, 15) is 9.90 Å². The molecule has 0 aliphatic carbocycles. The Bertz CT molecular complexity index is 1690. The van der Waals surface area contributed by atoms with Crippen LogP contribution in [0.15, 0.2) is 52.4 Å². The van der Waals surface area contributed by atoms with Gasteiger partial charge in [-0.05, 0) is 70.9 Å². The molecule has 0 spiro atoms. The maximum Gasteiger partial charge on any atom is 0.255 e. The molecule has 0 unspecified atom stereocenters. The summed E-state index contributed by atoms with van der Waals surface area (Å²) in [7, 11) is 1.78. The summed E-state index contributed by atoms with van der Waals surface area (Å²) in [4.78, 5) is 25.2. The highest BCUT2D eigenvalue weighted by molar-refractivity contribution is 8.18. The summed E-state index contributed by atoms with van der Waals surface area (Å²) in [5.74, 6) is 2.27. The number of hydrogen-bond donors (Lipinski definition) is 1. The van der Waals surface area contributed by atoms with Crippen molar-refractivity contribution in [3.63, 3.8) is 0 Å². The number of morpholine rings is 1. The van der Waals surface area contributed by atoms with E-state index in [4.69, 9.17) is 9.47 Å². The number of nitrogens with zero attached hydrogens (tertiary/aromatic N) is 3. The topological polar surface area (TPSA) is 75.1 Å². The van der Waals surface area contributed by atoms with Gasteiger partial charge in [-0.15, -0.1) is 23.5 Å². The van der Waals surface area contributed by atoms with Crippen molar-refractivity contribution >= 4 is 35.2 Å². The molecule has 9 heteroatoms. The van der Waals surface area contributed by atoms with Crippen LogP contribution in [0.5, 0.6) is 11.5 Å². The van der Waals surface area contributed by atoms with E-state index in [0.29, 0.717) is 37.6 Å². The molecule has 1 amide bonds. The van der Waals surface area contributed by atoms with Crippen LogP contribution in [0.25, 0.3) is 0 Å². The molecule has 7 nitrogen and oxygen atoms in total. The van der Waals surface area contributed by atoms with E-state index in [1.165, 1.54) is 16.0 Å². The van der Waals surface area contributed by atoms with Crippen molar-refractivity contribution in [1.29, 1.82) is 0 Å². The van der Waals surface area contributed by atoms with Crippen LogP contribution in [0.1, 0.15) is 129 Å². The van der Waals surface area contributed by atoms with E-state index in [1.807, 2.05) is 40.6 Å². The zero-order valence-electron chi connectivity index (χ0n) is 34.5. The van der Waals surface area contributed by atoms with Crippen molar-refractivity contribution in [1.82, 2.24) is 9.88 Å². The van der Waals surface area contributed by atoms with Gasteiger partial charge in [0.2, 0.25) is 0 Å². The number of carbonyl (C=O) groups is 1. The molecule has 0 radical (unpaired) electrons. The molecular weight excluding hydrogens is 699 g/mol. The molecule has 2 saturated heterocycles. The highest BCUT2D eigenvalue weighted by Crippen LogP contribution is 2.55. The van der Waals surface area contributed by atoms with Crippen LogP contribution in [-0.2, 0) is 26.4 Å². The van der Waals surface area contributed by atoms with E-state index < -0.39 is 0 Å². The second kappa shape index (κ2) is 15.3. The highest BCUT2D eigenvalue weighted by Gasteiger charge is 2.40. The monoisotopic (exact) mass is 761 g/mol. The van der Waals surface area contributed by atoms with Crippen LogP contribution in [-0.4, -0.2) is 71.5 Å². The predicted octanol–water partition coefficient (Wildman–Crippen LogP) is 10.3. The van der Waals surface area contributed by atoms with Gasteiger partial charge in [0.25, 0.3) is 5.91 Å². The number of thioether (sulfide) groups is 2. The maximum absolute atomic E-state index is 13.9.